The molecule has 1 atom stereocenters. The summed E-state index contributed by atoms with van der Waals surface area (Å²) in [5.74, 6) is 1.15. The molecule has 150 valence electrons. The quantitative estimate of drug-likeness (QED) is 0.703. The molecule has 4 nitrogen and oxygen atoms in total. The molecule has 1 heterocycles. The summed E-state index contributed by atoms with van der Waals surface area (Å²) in [5.41, 5.74) is 0.484. The second-order valence-corrected chi connectivity index (χ2v) is 9.16. The van der Waals surface area contributed by atoms with E-state index in [4.69, 9.17) is 0 Å². The zero-order valence-corrected chi connectivity index (χ0v) is 17.5. The van der Waals surface area contributed by atoms with Crippen LogP contribution in [0, 0.1) is 17.3 Å². The lowest BCUT2D eigenvalue weighted by Gasteiger charge is -2.46. The fourth-order valence-electron chi connectivity index (χ4n) is 4.60. The largest absolute Gasteiger partial charge is 0.354 e. The zero-order valence-electron chi connectivity index (χ0n) is 17.5. The molecule has 2 fully saturated rings. The Morgan fingerprint density at radius 2 is 1.69 bits per heavy atom. The summed E-state index contributed by atoms with van der Waals surface area (Å²) in [5, 5.41) is 3.08. The molecule has 1 aliphatic heterocycles. The van der Waals surface area contributed by atoms with E-state index in [0.29, 0.717) is 11.2 Å². The molecule has 0 aromatic carbocycles. The van der Waals surface area contributed by atoms with Crippen LogP contribution in [0.5, 0.6) is 0 Å². The number of hydrogen-bond acceptors (Lipinski definition) is 3. The number of amides is 1. The summed E-state index contributed by atoms with van der Waals surface area (Å²) in [7, 11) is 0. The van der Waals surface area contributed by atoms with Crippen LogP contribution in [0.2, 0.25) is 0 Å². The Morgan fingerprint density at radius 3 is 2.23 bits per heavy atom. The third-order valence-corrected chi connectivity index (χ3v) is 6.82. The highest BCUT2D eigenvalue weighted by atomic mass is 16.2. The first-order valence-electron chi connectivity index (χ1n) is 10.9. The van der Waals surface area contributed by atoms with Crippen LogP contribution in [0.3, 0.4) is 0 Å². The van der Waals surface area contributed by atoms with Crippen LogP contribution in [0.4, 0.5) is 0 Å². The zero-order chi connectivity index (χ0) is 19.2. The average Bonchev–Trinajstić information content (AvgIpc) is 2.62. The van der Waals surface area contributed by atoms with Crippen molar-refractivity contribution in [3.8, 4) is 0 Å². The summed E-state index contributed by atoms with van der Waals surface area (Å²) in [4.78, 5) is 26.7. The van der Waals surface area contributed by atoms with E-state index in [1.54, 1.807) is 0 Å². The highest BCUT2D eigenvalue weighted by Gasteiger charge is 2.39. The fraction of sp³-hybridized carbons (Fsp3) is 0.909. The molecule has 0 aromatic heterocycles. The third kappa shape index (κ3) is 6.07. The molecule has 2 rings (SSSR count). The van der Waals surface area contributed by atoms with Gasteiger partial charge >= 0.3 is 0 Å². The van der Waals surface area contributed by atoms with Crippen LogP contribution in [0.25, 0.3) is 0 Å². The minimum Gasteiger partial charge on any atom is -0.354 e. The predicted molar refractivity (Wildman–Crippen MR) is 107 cm³/mol. The van der Waals surface area contributed by atoms with Gasteiger partial charge in [-0.05, 0) is 90.3 Å². The maximum Gasteiger partial charge on any atom is 0.223 e. The van der Waals surface area contributed by atoms with E-state index < -0.39 is 0 Å². The summed E-state index contributed by atoms with van der Waals surface area (Å²) in [6.45, 7) is 11.6. The number of likely N-dealkylation sites (tertiary alicyclic amines) is 1. The summed E-state index contributed by atoms with van der Waals surface area (Å²) >= 11 is 0. The van der Waals surface area contributed by atoms with Gasteiger partial charge in [0.25, 0.3) is 0 Å². The van der Waals surface area contributed by atoms with Gasteiger partial charge in [0.15, 0.2) is 0 Å². The van der Waals surface area contributed by atoms with Gasteiger partial charge in [-0.3, -0.25) is 9.59 Å². The Labute approximate surface area is 160 Å². The van der Waals surface area contributed by atoms with Crippen molar-refractivity contribution < 1.29 is 9.59 Å². The van der Waals surface area contributed by atoms with E-state index in [0.717, 1.165) is 38.6 Å². The van der Waals surface area contributed by atoms with Crippen molar-refractivity contribution in [1.82, 2.24) is 10.2 Å². The second kappa shape index (κ2) is 9.87. The Hall–Kier alpha value is -0.900. The molecule has 1 aliphatic carbocycles. The van der Waals surface area contributed by atoms with Crippen LogP contribution < -0.4 is 5.32 Å². The predicted octanol–water partition coefficient (Wildman–Crippen LogP) is 4.18. The average molecular weight is 365 g/mol. The molecule has 0 aromatic rings. The molecule has 4 heteroatoms. The lowest BCUT2D eigenvalue weighted by molar-refractivity contribution is -0.127. The number of nitrogens with zero attached hydrogens (tertiary/aromatic N) is 1. The molecule has 1 amide bonds. The summed E-state index contributed by atoms with van der Waals surface area (Å²) in [6.07, 6.45) is 9.78. The maximum absolute atomic E-state index is 12.2. The highest BCUT2D eigenvalue weighted by molar-refractivity contribution is 5.80. The van der Waals surface area contributed by atoms with Gasteiger partial charge in [-0.15, -0.1) is 0 Å². The Kier molecular flexibility index (Phi) is 8.12. The number of hydrogen-bond donors (Lipinski definition) is 1. The smallest absolute Gasteiger partial charge is 0.223 e. The minimum absolute atomic E-state index is 0.225. The summed E-state index contributed by atoms with van der Waals surface area (Å²) in [6, 6.07) is 0.244. The van der Waals surface area contributed by atoms with Gasteiger partial charge in [0.05, 0.1) is 0 Å². The van der Waals surface area contributed by atoms with Crippen LogP contribution in [-0.2, 0) is 9.59 Å². The number of piperidine rings is 1. The second-order valence-electron chi connectivity index (χ2n) is 9.16. The summed E-state index contributed by atoms with van der Waals surface area (Å²) < 4.78 is 0. The molecule has 26 heavy (non-hydrogen) atoms. The lowest BCUT2D eigenvalue weighted by Crippen LogP contribution is -2.44. The van der Waals surface area contributed by atoms with Crippen molar-refractivity contribution in [3.63, 3.8) is 0 Å². The van der Waals surface area contributed by atoms with Gasteiger partial charge in [0.2, 0.25) is 5.91 Å². The van der Waals surface area contributed by atoms with Crippen molar-refractivity contribution >= 4 is 11.7 Å². The van der Waals surface area contributed by atoms with Gasteiger partial charge in [0.1, 0.15) is 5.78 Å². The fourth-order valence-corrected chi connectivity index (χ4v) is 4.60. The van der Waals surface area contributed by atoms with E-state index in [9.17, 15) is 9.59 Å². The normalized spacial score (nSPS) is 22.5. The molecule has 0 bridgehead atoms. The van der Waals surface area contributed by atoms with Gasteiger partial charge < -0.3 is 10.2 Å². The number of carbonyl (C=O) groups is 2. The first kappa shape index (κ1) is 21.4. The number of Topliss-reactive ketones (excluding diaryl/α,β-unsaturated/α-hetero) is 1. The van der Waals surface area contributed by atoms with Crippen LogP contribution in [0.1, 0.15) is 85.5 Å². The molecular formula is C22H40N2O2. The van der Waals surface area contributed by atoms with E-state index in [-0.39, 0.29) is 23.8 Å². The molecule has 1 N–H and O–H groups in total. The molecule has 1 spiro atoms. The molecule has 1 saturated carbocycles. The van der Waals surface area contributed by atoms with Gasteiger partial charge in [0, 0.05) is 24.3 Å². The molecule has 2 aliphatic rings. The Bertz CT molecular complexity index is 457. The van der Waals surface area contributed by atoms with Gasteiger partial charge in [-0.1, -0.05) is 13.8 Å². The molecule has 1 saturated heterocycles. The van der Waals surface area contributed by atoms with Crippen LogP contribution >= 0.6 is 0 Å². The number of ketones is 1. The van der Waals surface area contributed by atoms with E-state index in [1.807, 2.05) is 20.8 Å². The minimum atomic E-state index is 0.225. The first-order chi connectivity index (χ1) is 12.3. The molecule has 0 radical (unpaired) electrons. The number of carbonyl (C=O) groups excluding carboxylic acids is 2. The van der Waals surface area contributed by atoms with E-state index >= 15 is 0 Å². The van der Waals surface area contributed by atoms with Crippen molar-refractivity contribution in [2.45, 2.75) is 91.5 Å². The SMILES string of the molecule is CCC(C)C(=O)CCCN1CCC2(CCC(C(=O)NC(C)C)CC2)CC1. The van der Waals surface area contributed by atoms with Crippen molar-refractivity contribution in [3.05, 3.63) is 0 Å². The van der Waals surface area contributed by atoms with Crippen LogP contribution in [0.15, 0.2) is 0 Å². The van der Waals surface area contributed by atoms with E-state index in [2.05, 4.69) is 17.1 Å². The van der Waals surface area contributed by atoms with Gasteiger partial charge in [-0.25, -0.2) is 0 Å². The van der Waals surface area contributed by atoms with Crippen LogP contribution in [-0.4, -0.2) is 42.3 Å². The van der Waals surface area contributed by atoms with Crippen molar-refractivity contribution in [2.75, 3.05) is 19.6 Å². The lowest BCUT2D eigenvalue weighted by atomic mass is 9.65. The first-order valence-corrected chi connectivity index (χ1v) is 10.9. The monoisotopic (exact) mass is 364 g/mol. The van der Waals surface area contributed by atoms with Crippen molar-refractivity contribution in [1.29, 1.82) is 0 Å². The Morgan fingerprint density at radius 1 is 1.08 bits per heavy atom. The van der Waals surface area contributed by atoms with Crippen molar-refractivity contribution in [2.24, 2.45) is 17.3 Å². The highest BCUT2D eigenvalue weighted by Crippen LogP contribution is 2.46. The third-order valence-electron chi connectivity index (χ3n) is 6.82. The number of nitrogens with one attached hydrogen (secondary N) is 1. The van der Waals surface area contributed by atoms with E-state index in [1.165, 1.54) is 38.8 Å². The Balaban J connectivity index is 1.67. The topological polar surface area (TPSA) is 49.4 Å². The standard InChI is InChI=1S/C22H40N2O2/c1-5-18(4)20(25)7-6-14-24-15-12-22(13-16-24)10-8-19(9-11-22)21(26)23-17(2)3/h17-19H,5-16H2,1-4H3,(H,23,26). The maximum atomic E-state index is 12.2. The molecule has 1 unspecified atom stereocenters. The van der Waals surface area contributed by atoms with Gasteiger partial charge in [-0.2, -0.15) is 0 Å². The molecular weight excluding hydrogens is 324 g/mol. The number of rotatable bonds is 8.